The molecule has 2 aliphatic carbocycles. The van der Waals surface area contributed by atoms with Crippen LogP contribution in [0.2, 0.25) is 0 Å². The van der Waals surface area contributed by atoms with Crippen LogP contribution in [0.1, 0.15) is 106 Å². The lowest BCUT2D eigenvalue weighted by atomic mass is 9.73. The SMILES string of the molecule is CCC1CCC(CC2(CC)CC2C)C(C)CCC(C)(CC)C1. The topological polar surface area (TPSA) is 0 Å². The third kappa shape index (κ3) is 4.09. The van der Waals surface area contributed by atoms with Crippen LogP contribution in [0.25, 0.3) is 0 Å². The van der Waals surface area contributed by atoms with Gasteiger partial charge in [-0.3, -0.25) is 0 Å². The third-order valence-corrected chi connectivity index (χ3v) is 8.14. The minimum absolute atomic E-state index is 0.610. The molecule has 0 heteroatoms. The van der Waals surface area contributed by atoms with Crippen molar-refractivity contribution in [3.05, 3.63) is 0 Å². The molecular formula is C22H42. The molecule has 0 bridgehead atoms. The molecule has 6 atom stereocenters. The molecule has 0 aromatic heterocycles. The lowest BCUT2D eigenvalue weighted by molar-refractivity contribution is 0.193. The zero-order chi connectivity index (χ0) is 16.4. The molecule has 2 fully saturated rings. The van der Waals surface area contributed by atoms with Crippen molar-refractivity contribution in [2.75, 3.05) is 0 Å². The Bertz CT molecular complexity index is 342. The van der Waals surface area contributed by atoms with Gasteiger partial charge < -0.3 is 0 Å². The first-order valence-corrected chi connectivity index (χ1v) is 10.4. The quantitative estimate of drug-likeness (QED) is 0.494. The van der Waals surface area contributed by atoms with Crippen molar-refractivity contribution in [3.63, 3.8) is 0 Å². The second kappa shape index (κ2) is 7.27. The van der Waals surface area contributed by atoms with E-state index in [2.05, 4.69) is 41.5 Å². The lowest BCUT2D eigenvalue weighted by Crippen LogP contribution is -2.20. The van der Waals surface area contributed by atoms with Gasteiger partial charge in [-0.15, -0.1) is 0 Å². The third-order valence-electron chi connectivity index (χ3n) is 8.14. The van der Waals surface area contributed by atoms with Crippen LogP contribution in [-0.2, 0) is 0 Å². The summed E-state index contributed by atoms with van der Waals surface area (Å²) in [7, 11) is 0. The minimum atomic E-state index is 0.610. The second-order valence-corrected chi connectivity index (χ2v) is 9.52. The van der Waals surface area contributed by atoms with Gasteiger partial charge in [-0.25, -0.2) is 0 Å². The van der Waals surface area contributed by atoms with Crippen LogP contribution in [0.3, 0.4) is 0 Å². The fourth-order valence-electron chi connectivity index (χ4n) is 5.41. The predicted octanol–water partition coefficient (Wildman–Crippen LogP) is 7.47. The summed E-state index contributed by atoms with van der Waals surface area (Å²) in [6.07, 6.45) is 14.6. The molecule has 0 aromatic rings. The van der Waals surface area contributed by atoms with Gasteiger partial charge >= 0.3 is 0 Å². The predicted molar refractivity (Wildman–Crippen MR) is 99.0 cm³/mol. The van der Waals surface area contributed by atoms with Crippen LogP contribution in [0.15, 0.2) is 0 Å². The maximum absolute atomic E-state index is 2.57. The van der Waals surface area contributed by atoms with Crippen LogP contribution < -0.4 is 0 Å². The van der Waals surface area contributed by atoms with Gasteiger partial charge in [0, 0.05) is 0 Å². The van der Waals surface area contributed by atoms with E-state index >= 15 is 0 Å². The summed E-state index contributed by atoms with van der Waals surface area (Å²) in [5.41, 5.74) is 1.35. The molecule has 0 saturated heterocycles. The highest BCUT2D eigenvalue weighted by Gasteiger charge is 2.50. The summed E-state index contributed by atoms with van der Waals surface area (Å²) in [5, 5.41) is 0. The van der Waals surface area contributed by atoms with Gasteiger partial charge in [-0.2, -0.15) is 0 Å². The van der Waals surface area contributed by atoms with E-state index in [9.17, 15) is 0 Å². The Labute approximate surface area is 140 Å². The van der Waals surface area contributed by atoms with Crippen molar-refractivity contribution in [1.29, 1.82) is 0 Å². The van der Waals surface area contributed by atoms with Gasteiger partial charge in [0.1, 0.15) is 0 Å². The Morgan fingerprint density at radius 2 is 1.59 bits per heavy atom. The Hall–Kier alpha value is 0. The Balaban J connectivity index is 2.05. The molecule has 0 radical (unpaired) electrons. The monoisotopic (exact) mass is 306 g/mol. The minimum Gasteiger partial charge on any atom is -0.0651 e. The van der Waals surface area contributed by atoms with Crippen molar-refractivity contribution in [1.82, 2.24) is 0 Å². The number of rotatable bonds is 5. The van der Waals surface area contributed by atoms with Crippen molar-refractivity contribution in [2.45, 2.75) is 106 Å². The summed E-state index contributed by atoms with van der Waals surface area (Å²) in [6, 6.07) is 0. The molecule has 0 amide bonds. The second-order valence-electron chi connectivity index (χ2n) is 9.52. The highest BCUT2D eigenvalue weighted by molar-refractivity contribution is 5.00. The Kier molecular flexibility index (Phi) is 6.06. The van der Waals surface area contributed by atoms with E-state index in [1.165, 1.54) is 64.2 Å². The van der Waals surface area contributed by atoms with E-state index in [0.29, 0.717) is 5.41 Å². The van der Waals surface area contributed by atoms with Gasteiger partial charge in [0.05, 0.1) is 0 Å². The van der Waals surface area contributed by atoms with E-state index < -0.39 is 0 Å². The van der Waals surface area contributed by atoms with E-state index in [1.54, 1.807) is 0 Å². The molecule has 0 aromatic carbocycles. The van der Waals surface area contributed by atoms with E-state index in [-0.39, 0.29) is 0 Å². The average molecular weight is 307 g/mol. The van der Waals surface area contributed by atoms with Gasteiger partial charge in [0.25, 0.3) is 0 Å². The first-order chi connectivity index (χ1) is 10.4. The molecule has 2 aliphatic rings. The van der Waals surface area contributed by atoms with Crippen molar-refractivity contribution >= 4 is 0 Å². The number of hydrogen-bond acceptors (Lipinski definition) is 0. The Morgan fingerprint density at radius 3 is 2.09 bits per heavy atom. The van der Waals surface area contributed by atoms with Gasteiger partial charge in [-0.1, -0.05) is 67.2 Å². The van der Waals surface area contributed by atoms with Crippen molar-refractivity contribution < 1.29 is 0 Å². The largest absolute Gasteiger partial charge is 0.0651 e. The summed E-state index contributed by atoms with van der Waals surface area (Å²) in [4.78, 5) is 0. The first-order valence-electron chi connectivity index (χ1n) is 10.4. The zero-order valence-corrected chi connectivity index (χ0v) is 16.4. The molecule has 2 rings (SSSR count). The number of hydrogen-bond donors (Lipinski definition) is 0. The molecule has 0 heterocycles. The van der Waals surface area contributed by atoms with E-state index in [0.717, 1.165) is 29.1 Å². The summed E-state index contributed by atoms with van der Waals surface area (Å²) < 4.78 is 0. The molecule has 0 aliphatic heterocycles. The molecule has 0 N–H and O–H groups in total. The fraction of sp³-hybridized carbons (Fsp3) is 1.00. The molecule has 130 valence electrons. The lowest BCUT2D eigenvalue weighted by Gasteiger charge is -2.32. The fourth-order valence-corrected chi connectivity index (χ4v) is 5.41. The van der Waals surface area contributed by atoms with Crippen molar-refractivity contribution in [3.8, 4) is 0 Å². The van der Waals surface area contributed by atoms with Crippen LogP contribution in [0, 0.1) is 34.5 Å². The standard InChI is InChI=1S/C22H42/c1-7-19-10-11-20(16-22(9-3)14-18(22)5)17(4)12-13-21(6,8-2)15-19/h17-20H,7-16H2,1-6H3. The van der Waals surface area contributed by atoms with Gasteiger partial charge in [0.2, 0.25) is 0 Å². The molecule has 0 spiro atoms. The van der Waals surface area contributed by atoms with Crippen LogP contribution in [-0.4, -0.2) is 0 Å². The van der Waals surface area contributed by atoms with Gasteiger partial charge in [-0.05, 0) is 73.0 Å². The molecular weight excluding hydrogens is 264 g/mol. The maximum atomic E-state index is 2.57. The van der Waals surface area contributed by atoms with Crippen LogP contribution >= 0.6 is 0 Å². The Morgan fingerprint density at radius 1 is 0.909 bits per heavy atom. The van der Waals surface area contributed by atoms with E-state index in [1.807, 2.05) is 0 Å². The van der Waals surface area contributed by atoms with Gasteiger partial charge in [0.15, 0.2) is 0 Å². The molecule has 0 nitrogen and oxygen atoms in total. The summed E-state index contributed by atoms with van der Waals surface area (Å²) in [6.45, 7) is 14.9. The zero-order valence-electron chi connectivity index (χ0n) is 16.4. The molecule has 2 saturated carbocycles. The molecule has 22 heavy (non-hydrogen) atoms. The molecule has 6 unspecified atom stereocenters. The highest BCUT2D eigenvalue weighted by Crippen LogP contribution is 2.60. The van der Waals surface area contributed by atoms with Crippen molar-refractivity contribution in [2.24, 2.45) is 34.5 Å². The smallest absolute Gasteiger partial charge is 0.0269 e. The van der Waals surface area contributed by atoms with E-state index in [4.69, 9.17) is 0 Å². The summed E-state index contributed by atoms with van der Waals surface area (Å²) in [5.74, 6) is 3.92. The summed E-state index contributed by atoms with van der Waals surface area (Å²) >= 11 is 0. The first kappa shape index (κ1) is 18.3. The maximum Gasteiger partial charge on any atom is -0.0269 e. The average Bonchev–Trinajstić information content (AvgIpc) is 3.16. The highest BCUT2D eigenvalue weighted by atomic mass is 14.6. The van der Waals surface area contributed by atoms with Crippen LogP contribution in [0.5, 0.6) is 0 Å². The van der Waals surface area contributed by atoms with Crippen LogP contribution in [0.4, 0.5) is 0 Å². The normalized spacial score (nSPS) is 46.6.